The van der Waals surface area contributed by atoms with Gasteiger partial charge in [-0.25, -0.2) is 24.5 Å². The fourth-order valence-corrected chi connectivity index (χ4v) is 4.05. The average Bonchev–Trinajstić information content (AvgIpc) is 3.07. The Morgan fingerprint density at radius 1 is 1.06 bits per heavy atom. The SMILES string of the molecule is C#CCC(NC(=O)CCC(NC(=O)c1ccc(N(C=O)Cc2cnc3nc(/N=C/N(C)C)[nH]c(=O)c3n2)cc1)C(=O)OC)C(=O)OC. The van der Waals surface area contributed by atoms with E-state index in [0.717, 1.165) is 14.2 Å². The second kappa shape index (κ2) is 16.8. The Morgan fingerprint density at radius 2 is 1.74 bits per heavy atom. The van der Waals surface area contributed by atoms with E-state index in [-0.39, 0.29) is 48.5 Å². The van der Waals surface area contributed by atoms with Gasteiger partial charge in [0, 0.05) is 38.2 Å². The van der Waals surface area contributed by atoms with Gasteiger partial charge in [0.25, 0.3) is 11.5 Å². The van der Waals surface area contributed by atoms with Crippen LogP contribution < -0.4 is 21.1 Å². The molecule has 2 heterocycles. The van der Waals surface area contributed by atoms with E-state index < -0.39 is 41.4 Å². The van der Waals surface area contributed by atoms with Crippen molar-refractivity contribution in [2.45, 2.75) is 37.9 Å². The maximum atomic E-state index is 13.0. The maximum absolute atomic E-state index is 13.0. The molecule has 3 rings (SSSR count). The zero-order valence-electron chi connectivity index (χ0n) is 26.1. The first kappa shape index (κ1) is 35.3. The quantitative estimate of drug-likeness (QED) is 0.0644. The van der Waals surface area contributed by atoms with Gasteiger partial charge >= 0.3 is 11.9 Å². The molecule has 0 radical (unpaired) electrons. The molecule has 0 fully saturated rings. The van der Waals surface area contributed by atoms with Gasteiger partial charge in [0.15, 0.2) is 11.2 Å². The number of rotatable bonds is 15. The van der Waals surface area contributed by atoms with Crippen LogP contribution in [0.5, 0.6) is 0 Å². The van der Waals surface area contributed by atoms with Gasteiger partial charge in [-0.2, -0.15) is 4.98 Å². The molecule has 0 bridgehead atoms. The molecule has 0 saturated carbocycles. The summed E-state index contributed by atoms with van der Waals surface area (Å²) in [6.45, 7) is -0.0530. The van der Waals surface area contributed by atoms with E-state index in [2.05, 4.69) is 46.2 Å². The number of hydrogen-bond acceptors (Lipinski definition) is 12. The highest BCUT2D eigenvalue weighted by Gasteiger charge is 2.25. The van der Waals surface area contributed by atoms with Crippen molar-refractivity contribution in [3.63, 3.8) is 0 Å². The lowest BCUT2D eigenvalue weighted by molar-refractivity contribution is -0.145. The van der Waals surface area contributed by atoms with Crippen LogP contribution in [0.4, 0.5) is 11.6 Å². The van der Waals surface area contributed by atoms with Crippen molar-refractivity contribution in [2.75, 3.05) is 33.2 Å². The number of aromatic nitrogens is 4. The van der Waals surface area contributed by atoms with Crippen LogP contribution in [0.3, 0.4) is 0 Å². The zero-order valence-corrected chi connectivity index (χ0v) is 26.1. The fraction of sp³-hybridized carbons (Fsp3) is 0.333. The summed E-state index contributed by atoms with van der Waals surface area (Å²) in [6.07, 6.45) is 8.17. The minimum atomic E-state index is -1.19. The van der Waals surface area contributed by atoms with Crippen molar-refractivity contribution in [1.82, 2.24) is 35.5 Å². The molecular formula is C30H33N9O8. The van der Waals surface area contributed by atoms with Crippen molar-refractivity contribution in [3.8, 4) is 12.3 Å². The van der Waals surface area contributed by atoms with Crippen molar-refractivity contribution < 1.29 is 33.4 Å². The molecule has 1 aromatic carbocycles. The molecule has 0 aliphatic carbocycles. The van der Waals surface area contributed by atoms with Crippen LogP contribution in [0, 0.1) is 12.3 Å². The number of aromatic amines is 1. The minimum absolute atomic E-state index is 0.0299. The monoisotopic (exact) mass is 647 g/mol. The third kappa shape index (κ3) is 9.91. The normalized spacial score (nSPS) is 12.0. The third-order valence-electron chi connectivity index (χ3n) is 6.38. The van der Waals surface area contributed by atoms with Crippen molar-refractivity contribution in [3.05, 3.63) is 52.1 Å². The summed E-state index contributed by atoms with van der Waals surface area (Å²) < 4.78 is 9.38. The van der Waals surface area contributed by atoms with Crippen LogP contribution in [-0.4, -0.2) is 102 Å². The summed E-state index contributed by atoms with van der Waals surface area (Å²) in [7, 11) is 5.81. The second-order valence-corrected chi connectivity index (χ2v) is 10.1. The highest BCUT2D eigenvalue weighted by Crippen LogP contribution is 2.17. The number of methoxy groups -OCH3 is 2. The smallest absolute Gasteiger partial charge is 0.329 e. The molecule has 246 valence electrons. The number of hydrogen-bond donors (Lipinski definition) is 3. The Balaban J connectivity index is 1.67. The molecule has 17 heteroatoms. The number of amides is 3. The number of carbonyl (C=O) groups excluding carboxylic acids is 5. The summed E-state index contributed by atoms with van der Waals surface area (Å²) in [5.41, 5.74) is 0.337. The number of anilines is 1. The van der Waals surface area contributed by atoms with Crippen LogP contribution in [0.1, 0.15) is 35.3 Å². The van der Waals surface area contributed by atoms with Gasteiger partial charge in [-0.3, -0.25) is 24.2 Å². The number of fused-ring (bicyclic) bond motifs is 1. The molecule has 47 heavy (non-hydrogen) atoms. The van der Waals surface area contributed by atoms with Gasteiger partial charge in [-0.1, -0.05) is 0 Å². The van der Waals surface area contributed by atoms with Gasteiger partial charge in [-0.05, 0) is 30.7 Å². The number of aliphatic imine (C=N–C) groups is 1. The predicted octanol–water partition coefficient (Wildman–Crippen LogP) is -0.170. The second-order valence-electron chi connectivity index (χ2n) is 10.1. The molecule has 0 aliphatic rings. The van der Waals surface area contributed by atoms with Crippen LogP contribution >= 0.6 is 0 Å². The first-order chi connectivity index (χ1) is 22.5. The van der Waals surface area contributed by atoms with Crippen molar-refractivity contribution >= 4 is 59.3 Å². The van der Waals surface area contributed by atoms with Gasteiger partial charge in [0.1, 0.15) is 12.1 Å². The van der Waals surface area contributed by atoms with E-state index >= 15 is 0 Å². The summed E-state index contributed by atoms with van der Waals surface area (Å²) >= 11 is 0. The number of nitrogens with zero attached hydrogens (tertiary/aromatic N) is 6. The fourth-order valence-electron chi connectivity index (χ4n) is 4.05. The van der Waals surface area contributed by atoms with Gasteiger partial charge in [0.2, 0.25) is 18.3 Å². The number of benzene rings is 1. The largest absolute Gasteiger partial charge is 0.467 e. The van der Waals surface area contributed by atoms with Gasteiger partial charge in [-0.15, -0.1) is 12.3 Å². The molecule has 17 nitrogen and oxygen atoms in total. The zero-order chi connectivity index (χ0) is 34.5. The lowest BCUT2D eigenvalue weighted by Gasteiger charge is -2.19. The van der Waals surface area contributed by atoms with Gasteiger partial charge in [0.05, 0.1) is 39.0 Å². The Labute approximate surface area is 268 Å². The summed E-state index contributed by atoms with van der Waals surface area (Å²) in [6, 6.07) is 3.62. The molecule has 0 aliphatic heterocycles. The Morgan fingerprint density at radius 3 is 2.36 bits per heavy atom. The summed E-state index contributed by atoms with van der Waals surface area (Å²) in [5, 5.41) is 4.96. The molecule has 0 saturated heterocycles. The number of ether oxygens (including phenoxy) is 2. The lowest BCUT2D eigenvalue weighted by atomic mass is 10.1. The average molecular weight is 648 g/mol. The molecule has 3 amide bonds. The number of esters is 2. The van der Waals surface area contributed by atoms with E-state index in [1.165, 1.54) is 41.7 Å². The van der Waals surface area contributed by atoms with E-state index in [9.17, 15) is 28.8 Å². The predicted molar refractivity (Wildman–Crippen MR) is 168 cm³/mol. The van der Waals surface area contributed by atoms with E-state index in [1.54, 1.807) is 19.0 Å². The van der Waals surface area contributed by atoms with Crippen molar-refractivity contribution in [2.24, 2.45) is 4.99 Å². The van der Waals surface area contributed by atoms with Gasteiger partial charge < -0.3 is 29.9 Å². The Bertz CT molecular complexity index is 1750. The van der Waals surface area contributed by atoms with E-state index in [1.807, 2.05) is 0 Å². The molecule has 3 N–H and O–H groups in total. The number of carbonyl (C=O) groups is 5. The Kier molecular flexibility index (Phi) is 12.6. The summed E-state index contributed by atoms with van der Waals surface area (Å²) in [4.78, 5) is 96.2. The topological polar surface area (TPSA) is 218 Å². The first-order valence-corrected chi connectivity index (χ1v) is 14.0. The molecular weight excluding hydrogens is 614 g/mol. The molecule has 2 atom stereocenters. The first-order valence-electron chi connectivity index (χ1n) is 14.0. The molecule has 2 unspecified atom stereocenters. The maximum Gasteiger partial charge on any atom is 0.329 e. The standard InChI is InChI=1S/C30H33N9O8/c1-6-7-21(28(44)46-4)34-23(41)13-12-22(29(45)47-5)35-26(42)18-8-10-20(11-9-18)39(17-40)15-19-14-31-25-24(33-19)27(43)37-30(36-25)32-16-38(2)3/h1,8-11,14,16-17,21-22H,7,12-13,15H2,2-5H3,(H,34,41)(H,35,42)(H,31,36,37,43)/b32-16+. The summed E-state index contributed by atoms with van der Waals surface area (Å²) in [5.74, 6) is -0.408. The molecule has 3 aromatic rings. The lowest BCUT2D eigenvalue weighted by Crippen LogP contribution is -2.44. The number of H-pyrrole nitrogens is 1. The van der Waals surface area contributed by atoms with Crippen LogP contribution in [-0.2, 0) is 35.2 Å². The van der Waals surface area contributed by atoms with Crippen LogP contribution in [0.25, 0.3) is 11.2 Å². The number of nitrogens with one attached hydrogen (secondary N) is 3. The van der Waals surface area contributed by atoms with Crippen molar-refractivity contribution in [1.29, 1.82) is 0 Å². The van der Waals surface area contributed by atoms with Crippen LogP contribution in [0.15, 0.2) is 40.2 Å². The number of terminal acetylenes is 1. The highest BCUT2D eigenvalue weighted by atomic mass is 16.5. The Hall–Kier alpha value is -6.18. The highest BCUT2D eigenvalue weighted by molar-refractivity contribution is 5.97. The van der Waals surface area contributed by atoms with E-state index in [4.69, 9.17) is 11.2 Å². The third-order valence-corrected chi connectivity index (χ3v) is 6.38. The molecule has 0 spiro atoms. The minimum Gasteiger partial charge on any atom is -0.467 e. The molecule has 2 aromatic heterocycles. The van der Waals surface area contributed by atoms with Crippen LogP contribution in [0.2, 0.25) is 0 Å². The van der Waals surface area contributed by atoms with E-state index in [0.29, 0.717) is 17.8 Å².